The van der Waals surface area contributed by atoms with Crippen molar-refractivity contribution in [2.24, 2.45) is 0 Å². The molecule has 0 bridgehead atoms. The number of carbonyl (C=O) groups excluding carboxylic acids is 1. The van der Waals surface area contributed by atoms with Crippen LogP contribution in [-0.4, -0.2) is 5.91 Å². The van der Waals surface area contributed by atoms with Crippen molar-refractivity contribution < 1.29 is 4.79 Å². The van der Waals surface area contributed by atoms with Crippen LogP contribution in [0.4, 0.5) is 5.69 Å². The largest absolute Gasteiger partial charge is 0.321 e. The summed E-state index contributed by atoms with van der Waals surface area (Å²) < 4.78 is 0. The lowest BCUT2D eigenvalue weighted by Gasteiger charge is -2.13. The first-order valence-corrected chi connectivity index (χ1v) is 7.06. The predicted molar refractivity (Wildman–Crippen MR) is 84.7 cm³/mol. The molecule has 0 aliphatic heterocycles. The highest BCUT2D eigenvalue weighted by atomic mass is 35.5. The van der Waals surface area contributed by atoms with Crippen LogP contribution in [0, 0.1) is 13.8 Å². The molecule has 0 saturated carbocycles. The molecule has 0 heterocycles. The third-order valence-corrected chi connectivity index (χ3v) is 3.82. The second-order valence-electron chi connectivity index (χ2n) is 4.88. The van der Waals surface area contributed by atoms with Crippen LogP contribution in [-0.2, 0) is 6.42 Å². The molecule has 0 atom stereocenters. The Labute approximate surface area is 124 Å². The van der Waals surface area contributed by atoms with Gasteiger partial charge in [0.05, 0.1) is 0 Å². The molecule has 0 aromatic heterocycles. The van der Waals surface area contributed by atoms with Crippen molar-refractivity contribution in [3.05, 3.63) is 63.7 Å². The molecule has 2 rings (SSSR count). The van der Waals surface area contributed by atoms with Gasteiger partial charge in [0, 0.05) is 16.3 Å². The van der Waals surface area contributed by atoms with Crippen molar-refractivity contribution in [2.75, 3.05) is 5.32 Å². The van der Waals surface area contributed by atoms with Gasteiger partial charge >= 0.3 is 0 Å². The molecule has 104 valence electrons. The Balaban J connectivity index is 2.30. The van der Waals surface area contributed by atoms with E-state index in [1.807, 2.05) is 38.1 Å². The summed E-state index contributed by atoms with van der Waals surface area (Å²) in [6, 6.07) is 11.4. The predicted octanol–water partition coefficient (Wildman–Crippen LogP) is 4.77. The van der Waals surface area contributed by atoms with Gasteiger partial charge in [0.2, 0.25) is 0 Å². The van der Waals surface area contributed by atoms with Crippen LogP contribution < -0.4 is 5.32 Å². The first kappa shape index (κ1) is 14.6. The summed E-state index contributed by atoms with van der Waals surface area (Å²) >= 11 is 6.07. The van der Waals surface area contributed by atoms with E-state index in [1.165, 1.54) is 0 Å². The van der Waals surface area contributed by atoms with Crippen LogP contribution >= 0.6 is 11.6 Å². The molecule has 0 aliphatic carbocycles. The van der Waals surface area contributed by atoms with E-state index in [0.717, 1.165) is 28.8 Å². The average Bonchev–Trinajstić information content (AvgIpc) is 2.44. The second-order valence-corrected chi connectivity index (χ2v) is 5.29. The number of hydrogen-bond acceptors (Lipinski definition) is 1. The zero-order valence-electron chi connectivity index (χ0n) is 12.0. The summed E-state index contributed by atoms with van der Waals surface area (Å²) in [5.74, 6) is -0.129. The van der Waals surface area contributed by atoms with Gasteiger partial charge in [0.25, 0.3) is 5.91 Å². The Kier molecular flexibility index (Phi) is 4.46. The third-order valence-electron chi connectivity index (χ3n) is 3.41. The smallest absolute Gasteiger partial charge is 0.255 e. The number of carbonyl (C=O) groups is 1. The topological polar surface area (TPSA) is 29.1 Å². The molecule has 2 aromatic carbocycles. The van der Waals surface area contributed by atoms with Crippen LogP contribution in [0.3, 0.4) is 0 Å². The molecule has 0 unspecified atom stereocenters. The summed E-state index contributed by atoms with van der Waals surface area (Å²) in [7, 11) is 0. The standard InChI is InChI=1S/C17H18ClNO/c1-4-13-7-5-6-12(3)16(13)19-17(20)14-9-8-11(2)15(18)10-14/h5-10H,4H2,1-3H3,(H,19,20). The van der Waals surface area contributed by atoms with Gasteiger partial charge in [-0.3, -0.25) is 4.79 Å². The average molecular weight is 288 g/mol. The lowest BCUT2D eigenvalue weighted by molar-refractivity contribution is 0.102. The number of para-hydroxylation sites is 1. The van der Waals surface area contributed by atoms with Gasteiger partial charge in [-0.2, -0.15) is 0 Å². The first-order valence-electron chi connectivity index (χ1n) is 6.69. The van der Waals surface area contributed by atoms with E-state index in [2.05, 4.69) is 12.2 Å². The van der Waals surface area contributed by atoms with Gasteiger partial charge in [0.1, 0.15) is 0 Å². The van der Waals surface area contributed by atoms with Gasteiger partial charge in [-0.25, -0.2) is 0 Å². The van der Waals surface area contributed by atoms with E-state index in [0.29, 0.717) is 10.6 Å². The van der Waals surface area contributed by atoms with Crippen molar-refractivity contribution in [3.63, 3.8) is 0 Å². The van der Waals surface area contributed by atoms with Crippen molar-refractivity contribution >= 4 is 23.2 Å². The molecule has 3 heteroatoms. The van der Waals surface area contributed by atoms with Gasteiger partial charge in [0.15, 0.2) is 0 Å². The highest BCUT2D eigenvalue weighted by Crippen LogP contribution is 2.23. The van der Waals surface area contributed by atoms with Crippen molar-refractivity contribution in [1.29, 1.82) is 0 Å². The molecule has 0 spiro atoms. The van der Waals surface area contributed by atoms with Crippen LogP contribution in [0.25, 0.3) is 0 Å². The summed E-state index contributed by atoms with van der Waals surface area (Å²) in [6.07, 6.45) is 0.881. The Morgan fingerprint density at radius 1 is 1.15 bits per heavy atom. The molecule has 0 aliphatic rings. The minimum absolute atomic E-state index is 0.129. The van der Waals surface area contributed by atoms with Crippen LogP contribution in [0.1, 0.15) is 34.0 Å². The van der Waals surface area contributed by atoms with Crippen LogP contribution in [0.2, 0.25) is 5.02 Å². The fraction of sp³-hybridized carbons (Fsp3) is 0.235. The van der Waals surface area contributed by atoms with Gasteiger partial charge in [-0.15, -0.1) is 0 Å². The fourth-order valence-electron chi connectivity index (χ4n) is 2.12. The van der Waals surface area contributed by atoms with Crippen molar-refractivity contribution in [3.8, 4) is 0 Å². The molecule has 20 heavy (non-hydrogen) atoms. The van der Waals surface area contributed by atoms with Crippen molar-refractivity contribution in [2.45, 2.75) is 27.2 Å². The van der Waals surface area contributed by atoms with E-state index in [4.69, 9.17) is 11.6 Å². The maximum atomic E-state index is 12.3. The van der Waals surface area contributed by atoms with Gasteiger partial charge in [-0.05, 0) is 49.1 Å². The molecular formula is C17H18ClNO. The highest BCUT2D eigenvalue weighted by molar-refractivity contribution is 6.31. The Morgan fingerprint density at radius 3 is 2.55 bits per heavy atom. The lowest BCUT2D eigenvalue weighted by Crippen LogP contribution is -2.14. The highest BCUT2D eigenvalue weighted by Gasteiger charge is 2.11. The molecule has 2 nitrogen and oxygen atoms in total. The second kappa shape index (κ2) is 6.10. The van der Waals surface area contributed by atoms with Gasteiger partial charge < -0.3 is 5.32 Å². The van der Waals surface area contributed by atoms with E-state index in [9.17, 15) is 4.79 Å². The maximum absolute atomic E-state index is 12.3. The van der Waals surface area contributed by atoms with Crippen LogP contribution in [0.5, 0.6) is 0 Å². The minimum Gasteiger partial charge on any atom is -0.321 e. The summed E-state index contributed by atoms with van der Waals surface area (Å²) in [4.78, 5) is 12.3. The van der Waals surface area contributed by atoms with E-state index in [-0.39, 0.29) is 5.91 Å². The molecule has 2 aromatic rings. The summed E-state index contributed by atoms with van der Waals surface area (Å²) in [5.41, 5.74) is 4.64. The number of hydrogen-bond donors (Lipinski definition) is 1. The number of rotatable bonds is 3. The molecule has 0 saturated heterocycles. The number of nitrogens with one attached hydrogen (secondary N) is 1. The zero-order valence-corrected chi connectivity index (χ0v) is 12.7. The fourth-order valence-corrected chi connectivity index (χ4v) is 2.30. The Hall–Kier alpha value is -1.80. The molecular weight excluding hydrogens is 270 g/mol. The normalized spacial score (nSPS) is 10.4. The van der Waals surface area contributed by atoms with Crippen LogP contribution in [0.15, 0.2) is 36.4 Å². The Bertz CT molecular complexity index is 649. The first-order chi connectivity index (χ1) is 9.52. The number of halogens is 1. The zero-order chi connectivity index (χ0) is 14.7. The van der Waals surface area contributed by atoms with Crippen molar-refractivity contribution in [1.82, 2.24) is 0 Å². The summed E-state index contributed by atoms with van der Waals surface area (Å²) in [5, 5.41) is 3.60. The molecule has 1 amide bonds. The quantitative estimate of drug-likeness (QED) is 0.865. The molecule has 0 radical (unpaired) electrons. The minimum atomic E-state index is -0.129. The number of aryl methyl sites for hydroxylation is 3. The lowest BCUT2D eigenvalue weighted by atomic mass is 10.1. The number of amides is 1. The summed E-state index contributed by atoms with van der Waals surface area (Å²) in [6.45, 7) is 5.99. The third kappa shape index (κ3) is 3.02. The van der Waals surface area contributed by atoms with Gasteiger partial charge in [-0.1, -0.05) is 42.8 Å². The van der Waals surface area contributed by atoms with E-state index in [1.54, 1.807) is 12.1 Å². The van der Waals surface area contributed by atoms with E-state index < -0.39 is 0 Å². The molecule has 0 fully saturated rings. The number of anilines is 1. The maximum Gasteiger partial charge on any atom is 0.255 e. The Morgan fingerprint density at radius 2 is 1.90 bits per heavy atom. The number of benzene rings is 2. The SMILES string of the molecule is CCc1cccc(C)c1NC(=O)c1ccc(C)c(Cl)c1. The monoisotopic (exact) mass is 287 g/mol. The molecule has 1 N–H and O–H groups in total. The van der Waals surface area contributed by atoms with E-state index >= 15 is 0 Å².